The molecule has 1 aromatic carbocycles. The van der Waals surface area contributed by atoms with E-state index in [0.717, 1.165) is 45.6 Å². The standard InChI is InChI=1S/C17H26N2O2/c1-15-5-7-16(8-6-15)3-2-4-17(21)19-11-9-18(10-12-19)13-14-20/h5-8,20H,2-4,9-14H2,1H3. The number of amides is 1. The summed E-state index contributed by atoms with van der Waals surface area (Å²) in [5.74, 6) is 0.269. The summed E-state index contributed by atoms with van der Waals surface area (Å²) in [5.41, 5.74) is 2.58. The lowest BCUT2D eigenvalue weighted by Crippen LogP contribution is -2.49. The zero-order valence-corrected chi connectivity index (χ0v) is 12.9. The van der Waals surface area contributed by atoms with Gasteiger partial charge in [-0.05, 0) is 25.3 Å². The van der Waals surface area contributed by atoms with Crippen molar-refractivity contribution in [2.45, 2.75) is 26.2 Å². The number of hydrogen-bond donors (Lipinski definition) is 1. The van der Waals surface area contributed by atoms with Crippen molar-refractivity contribution < 1.29 is 9.90 Å². The number of aryl methyl sites for hydroxylation is 2. The Morgan fingerprint density at radius 1 is 1.14 bits per heavy atom. The number of nitrogens with zero attached hydrogens (tertiary/aromatic N) is 2. The summed E-state index contributed by atoms with van der Waals surface area (Å²) in [7, 11) is 0. The lowest BCUT2D eigenvalue weighted by molar-refractivity contribution is -0.133. The molecule has 1 saturated heterocycles. The highest BCUT2D eigenvalue weighted by molar-refractivity contribution is 5.76. The Bertz CT molecular complexity index is 437. The molecule has 1 amide bonds. The van der Waals surface area contributed by atoms with Crippen LogP contribution in [0.4, 0.5) is 0 Å². The Balaban J connectivity index is 1.67. The average molecular weight is 290 g/mol. The maximum Gasteiger partial charge on any atom is 0.222 e. The van der Waals surface area contributed by atoms with Gasteiger partial charge >= 0.3 is 0 Å². The van der Waals surface area contributed by atoms with Crippen LogP contribution in [0.5, 0.6) is 0 Å². The molecule has 0 bridgehead atoms. The highest BCUT2D eigenvalue weighted by Gasteiger charge is 2.19. The number of benzene rings is 1. The minimum Gasteiger partial charge on any atom is -0.395 e. The molecule has 2 rings (SSSR count). The Labute approximate surface area is 127 Å². The van der Waals surface area contributed by atoms with Crippen molar-refractivity contribution in [3.05, 3.63) is 35.4 Å². The summed E-state index contributed by atoms with van der Waals surface area (Å²) < 4.78 is 0. The van der Waals surface area contributed by atoms with Gasteiger partial charge in [0.25, 0.3) is 0 Å². The molecule has 1 aliphatic rings. The van der Waals surface area contributed by atoms with E-state index in [4.69, 9.17) is 5.11 Å². The first-order valence-corrected chi connectivity index (χ1v) is 7.85. The summed E-state index contributed by atoms with van der Waals surface area (Å²) in [6.07, 6.45) is 2.52. The van der Waals surface area contributed by atoms with Gasteiger partial charge < -0.3 is 10.0 Å². The summed E-state index contributed by atoms with van der Waals surface area (Å²) in [6, 6.07) is 8.54. The lowest BCUT2D eigenvalue weighted by atomic mass is 10.1. The average Bonchev–Trinajstić information content (AvgIpc) is 2.50. The summed E-state index contributed by atoms with van der Waals surface area (Å²) in [5, 5.41) is 8.91. The van der Waals surface area contributed by atoms with Crippen molar-refractivity contribution in [2.75, 3.05) is 39.3 Å². The van der Waals surface area contributed by atoms with E-state index in [0.29, 0.717) is 6.42 Å². The molecule has 0 atom stereocenters. The first-order valence-electron chi connectivity index (χ1n) is 7.85. The molecule has 1 heterocycles. The second-order valence-electron chi connectivity index (χ2n) is 5.79. The molecule has 0 aromatic heterocycles. The highest BCUT2D eigenvalue weighted by Crippen LogP contribution is 2.10. The van der Waals surface area contributed by atoms with Gasteiger partial charge in [-0.1, -0.05) is 29.8 Å². The summed E-state index contributed by atoms with van der Waals surface area (Å²) in [6.45, 7) is 6.35. The third-order valence-corrected chi connectivity index (χ3v) is 4.12. The van der Waals surface area contributed by atoms with Crippen LogP contribution in [0.15, 0.2) is 24.3 Å². The predicted octanol–water partition coefficient (Wildman–Crippen LogP) is 1.45. The molecule has 0 unspecified atom stereocenters. The molecule has 4 heteroatoms. The van der Waals surface area contributed by atoms with Gasteiger partial charge in [0.15, 0.2) is 0 Å². The van der Waals surface area contributed by atoms with Gasteiger partial charge in [0, 0.05) is 39.1 Å². The fraction of sp³-hybridized carbons (Fsp3) is 0.588. The van der Waals surface area contributed by atoms with Gasteiger partial charge in [-0.3, -0.25) is 9.69 Å². The molecule has 0 aliphatic carbocycles. The summed E-state index contributed by atoms with van der Waals surface area (Å²) in [4.78, 5) is 16.3. The van der Waals surface area contributed by atoms with Crippen LogP contribution < -0.4 is 0 Å². The van der Waals surface area contributed by atoms with Gasteiger partial charge in [0.2, 0.25) is 5.91 Å². The molecular formula is C17H26N2O2. The molecule has 0 saturated carbocycles. The first-order chi connectivity index (χ1) is 10.2. The molecule has 21 heavy (non-hydrogen) atoms. The van der Waals surface area contributed by atoms with E-state index in [1.54, 1.807) is 0 Å². The molecular weight excluding hydrogens is 264 g/mol. The maximum absolute atomic E-state index is 12.2. The number of aliphatic hydroxyl groups is 1. The Kier molecular flexibility index (Phi) is 6.21. The minimum absolute atomic E-state index is 0.199. The van der Waals surface area contributed by atoms with E-state index >= 15 is 0 Å². The van der Waals surface area contributed by atoms with E-state index in [2.05, 4.69) is 36.1 Å². The van der Waals surface area contributed by atoms with Gasteiger partial charge in [0.05, 0.1) is 6.61 Å². The molecule has 4 nitrogen and oxygen atoms in total. The van der Waals surface area contributed by atoms with Crippen molar-refractivity contribution in [1.82, 2.24) is 9.80 Å². The normalized spacial score (nSPS) is 16.2. The van der Waals surface area contributed by atoms with Crippen LogP contribution in [0.25, 0.3) is 0 Å². The minimum atomic E-state index is 0.199. The van der Waals surface area contributed by atoms with Crippen molar-refractivity contribution in [3.63, 3.8) is 0 Å². The molecule has 1 fully saturated rings. The monoisotopic (exact) mass is 290 g/mol. The number of β-amino-alcohol motifs (C(OH)–C–C–N with tert-alkyl or cyclic N) is 1. The molecule has 1 aromatic rings. The second-order valence-corrected chi connectivity index (χ2v) is 5.79. The third kappa shape index (κ3) is 5.14. The number of piperazine rings is 1. The zero-order valence-electron chi connectivity index (χ0n) is 12.9. The number of rotatable bonds is 6. The molecule has 116 valence electrons. The Hall–Kier alpha value is -1.39. The van der Waals surface area contributed by atoms with Crippen molar-refractivity contribution in [3.8, 4) is 0 Å². The maximum atomic E-state index is 12.2. The number of carbonyl (C=O) groups is 1. The van der Waals surface area contributed by atoms with E-state index < -0.39 is 0 Å². The molecule has 0 spiro atoms. The van der Waals surface area contributed by atoms with Crippen molar-refractivity contribution in [1.29, 1.82) is 0 Å². The summed E-state index contributed by atoms with van der Waals surface area (Å²) >= 11 is 0. The zero-order chi connectivity index (χ0) is 15.1. The lowest BCUT2D eigenvalue weighted by Gasteiger charge is -2.34. The predicted molar refractivity (Wildman–Crippen MR) is 84.2 cm³/mol. The Morgan fingerprint density at radius 3 is 2.43 bits per heavy atom. The Morgan fingerprint density at radius 2 is 1.81 bits per heavy atom. The third-order valence-electron chi connectivity index (χ3n) is 4.12. The second kappa shape index (κ2) is 8.15. The highest BCUT2D eigenvalue weighted by atomic mass is 16.3. The number of aliphatic hydroxyl groups excluding tert-OH is 1. The van der Waals surface area contributed by atoms with Gasteiger partial charge in [-0.15, -0.1) is 0 Å². The smallest absolute Gasteiger partial charge is 0.222 e. The van der Waals surface area contributed by atoms with E-state index in [1.165, 1.54) is 11.1 Å². The van der Waals surface area contributed by atoms with Crippen LogP contribution in [-0.2, 0) is 11.2 Å². The van der Waals surface area contributed by atoms with E-state index in [-0.39, 0.29) is 12.5 Å². The molecule has 0 radical (unpaired) electrons. The van der Waals surface area contributed by atoms with Crippen LogP contribution >= 0.6 is 0 Å². The molecule has 1 aliphatic heterocycles. The van der Waals surface area contributed by atoms with Gasteiger partial charge in [-0.25, -0.2) is 0 Å². The SMILES string of the molecule is Cc1ccc(CCCC(=O)N2CCN(CCO)CC2)cc1. The topological polar surface area (TPSA) is 43.8 Å². The van der Waals surface area contributed by atoms with E-state index in [9.17, 15) is 4.79 Å². The van der Waals surface area contributed by atoms with Crippen LogP contribution in [0.1, 0.15) is 24.0 Å². The first kappa shape index (κ1) is 16.0. The van der Waals surface area contributed by atoms with Crippen molar-refractivity contribution in [2.24, 2.45) is 0 Å². The number of hydrogen-bond acceptors (Lipinski definition) is 3. The number of carbonyl (C=O) groups excluding carboxylic acids is 1. The fourth-order valence-corrected chi connectivity index (χ4v) is 2.72. The van der Waals surface area contributed by atoms with Crippen LogP contribution in [0, 0.1) is 6.92 Å². The van der Waals surface area contributed by atoms with E-state index in [1.807, 2.05) is 4.90 Å². The fourth-order valence-electron chi connectivity index (χ4n) is 2.72. The van der Waals surface area contributed by atoms with Gasteiger partial charge in [0.1, 0.15) is 0 Å². The molecule has 1 N–H and O–H groups in total. The quantitative estimate of drug-likeness (QED) is 0.862. The largest absolute Gasteiger partial charge is 0.395 e. The van der Waals surface area contributed by atoms with Crippen LogP contribution in [0.3, 0.4) is 0 Å². The van der Waals surface area contributed by atoms with Crippen LogP contribution in [-0.4, -0.2) is 60.1 Å². The van der Waals surface area contributed by atoms with Crippen LogP contribution in [0.2, 0.25) is 0 Å². The van der Waals surface area contributed by atoms with Gasteiger partial charge in [-0.2, -0.15) is 0 Å². The van der Waals surface area contributed by atoms with Crippen molar-refractivity contribution >= 4 is 5.91 Å².